The van der Waals surface area contributed by atoms with Gasteiger partial charge in [-0.05, 0) is 44.0 Å². The van der Waals surface area contributed by atoms with Crippen LogP contribution in [0.5, 0.6) is 11.5 Å². The van der Waals surface area contributed by atoms with Crippen molar-refractivity contribution in [2.45, 2.75) is 39.2 Å². The van der Waals surface area contributed by atoms with Crippen molar-refractivity contribution < 1.29 is 19.1 Å². The minimum atomic E-state index is -0.258. The summed E-state index contributed by atoms with van der Waals surface area (Å²) in [6.45, 7) is 8.22. The molecule has 4 rings (SSSR count). The van der Waals surface area contributed by atoms with Gasteiger partial charge in [0.2, 0.25) is 0 Å². The topological polar surface area (TPSA) is 59.1 Å². The van der Waals surface area contributed by atoms with E-state index in [1.807, 2.05) is 61.2 Å². The number of carbonyl (C=O) groups excluding carboxylic acids is 2. The summed E-state index contributed by atoms with van der Waals surface area (Å²) in [5.74, 6) is 1.30. The Labute approximate surface area is 183 Å². The van der Waals surface area contributed by atoms with Crippen LogP contribution in [0.2, 0.25) is 0 Å². The Hall–Kier alpha value is -3.02. The van der Waals surface area contributed by atoms with E-state index in [1.54, 1.807) is 4.90 Å². The maximum atomic E-state index is 12.7. The Bertz CT molecular complexity index is 960. The summed E-state index contributed by atoms with van der Waals surface area (Å²) in [6.07, 6.45) is 1.78. The number of carbonyl (C=O) groups is 2. The summed E-state index contributed by atoms with van der Waals surface area (Å²) >= 11 is 0. The monoisotopic (exact) mass is 422 g/mol. The van der Waals surface area contributed by atoms with Crippen LogP contribution in [0.1, 0.15) is 42.3 Å². The molecule has 0 spiro atoms. The van der Waals surface area contributed by atoms with Crippen molar-refractivity contribution in [1.82, 2.24) is 9.80 Å². The molecule has 2 aromatic carbocycles. The molecule has 2 amide bonds. The minimum absolute atomic E-state index is 0.0191. The fraction of sp³-hybridized carbons (Fsp3) is 0.440. The third kappa shape index (κ3) is 4.68. The number of amides is 2. The molecule has 2 aliphatic rings. The molecule has 0 N–H and O–H groups in total. The quantitative estimate of drug-likeness (QED) is 0.742. The van der Waals surface area contributed by atoms with Crippen molar-refractivity contribution in [3.8, 4) is 11.5 Å². The highest BCUT2D eigenvalue weighted by molar-refractivity contribution is 5.94. The first-order valence-electron chi connectivity index (χ1n) is 11.0. The van der Waals surface area contributed by atoms with Gasteiger partial charge in [-0.15, -0.1) is 0 Å². The third-order valence-corrected chi connectivity index (χ3v) is 5.93. The number of hydrogen-bond acceptors (Lipinski definition) is 4. The molecule has 0 unspecified atom stereocenters. The summed E-state index contributed by atoms with van der Waals surface area (Å²) < 4.78 is 11.8. The van der Waals surface area contributed by atoms with Crippen molar-refractivity contribution >= 4 is 11.8 Å². The van der Waals surface area contributed by atoms with Gasteiger partial charge < -0.3 is 19.3 Å². The SMILES string of the molecule is CCc1ccc(C(=O)N2CCN(C(=O)COc3cccc4c3OC(C)(C)C4)CC2)cc1. The third-order valence-electron chi connectivity index (χ3n) is 5.93. The number of nitrogens with zero attached hydrogens (tertiary/aromatic N) is 2. The Kier molecular flexibility index (Phi) is 5.90. The number of para-hydroxylation sites is 1. The maximum absolute atomic E-state index is 12.7. The zero-order valence-electron chi connectivity index (χ0n) is 18.5. The molecule has 0 radical (unpaired) electrons. The molecule has 0 aliphatic carbocycles. The number of hydrogen-bond donors (Lipinski definition) is 0. The average Bonchev–Trinajstić information content (AvgIpc) is 3.11. The standard InChI is InChI=1S/C25H30N2O4/c1-4-18-8-10-19(11-9-18)24(29)27-14-12-26(13-15-27)22(28)17-30-21-7-5-6-20-16-25(2,3)31-23(20)21/h5-11H,4,12-17H2,1-3H3. The highest BCUT2D eigenvalue weighted by Gasteiger charge is 2.32. The Morgan fingerprint density at radius 1 is 1.00 bits per heavy atom. The molecule has 2 aliphatic heterocycles. The second-order valence-electron chi connectivity index (χ2n) is 8.80. The molecule has 2 aromatic rings. The van der Waals surface area contributed by atoms with Crippen molar-refractivity contribution in [3.63, 3.8) is 0 Å². The highest BCUT2D eigenvalue weighted by atomic mass is 16.5. The van der Waals surface area contributed by atoms with Gasteiger partial charge in [-0.3, -0.25) is 9.59 Å². The molecule has 31 heavy (non-hydrogen) atoms. The van der Waals surface area contributed by atoms with Crippen molar-refractivity contribution in [1.29, 1.82) is 0 Å². The van der Waals surface area contributed by atoms with Gasteiger partial charge in [-0.2, -0.15) is 0 Å². The number of aryl methyl sites for hydroxylation is 1. The fourth-order valence-electron chi connectivity index (χ4n) is 4.16. The number of benzene rings is 2. The van der Waals surface area contributed by atoms with Crippen LogP contribution in [0, 0.1) is 0 Å². The molecule has 164 valence electrons. The van der Waals surface area contributed by atoms with Crippen molar-refractivity contribution in [2.75, 3.05) is 32.8 Å². The Balaban J connectivity index is 1.29. The van der Waals surface area contributed by atoms with E-state index in [2.05, 4.69) is 6.92 Å². The molecule has 0 saturated carbocycles. The summed E-state index contributed by atoms with van der Waals surface area (Å²) in [4.78, 5) is 29.0. The van der Waals surface area contributed by atoms with Crippen molar-refractivity contribution in [2.24, 2.45) is 0 Å². The van der Waals surface area contributed by atoms with Gasteiger partial charge in [0.1, 0.15) is 5.60 Å². The lowest BCUT2D eigenvalue weighted by molar-refractivity contribution is -0.134. The van der Waals surface area contributed by atoms with E-state index < -0.39 is 0 Å². The summed E-state index contributed by atoms with van der Waals surface area (Å²) in [5, 5.41) is 0. The van der Waals surface area contributed by atoms with E-state index in [4.69, 9.17) is 9.47 Å². The summed E-state index contributed by atoms with van der Waals surface area (Å²) in [6, 6.07) is 13.6. The second-order valence-corrected chi connectivity index (χ2v) is 8.80. The van der Waals surface area contributed by atoms with Crippen LogP contribution in [0.15, 0.2) is 42.5 Å². The van der Waals surface area contributed by atoms with Crippen LogP contribution in [-0.2, 0) is 17.6 Å². The van der Waals surface area contributed by atoms with E-state index >= 15 is 0 Å². The van der Waals surface area contributed by atoms with Crippen LogP contribution < -0.4 is 9.47 Å². The molecular weight excluding hydrogens is 392 g/mol. The minimum Gasteiger partial charge on any atom is -0.483 e. The first kappa shape index (κ1) is 21.2. The highest BCUT2D eigenvalue weighted by Crippen LogP contribution is 2.41. The van der Waals surface area contributed by atoms with Gasteiger partial charge in [0.25, 0.3) is 11.8 Å². The summed E-state index contributed by atoms with van der Waals surface area (Å²) in [7, 11) is 0. The number of piperazine rings is 1. The molecule has 0 atom stereocenters. The number of fused-ring (bicyclic) bond motifs is 1. The van der Waals surface area contributed by atoms with Crippen LogP contribution in [0.25, 0.3) is 0 Å². The van der Waals surface area contributed by atoms with Crippen molar-refractivity contribution in [3.05, 3.63) is 59.2 Å². The van der Waals surface area contributed by atoms with Crippen LogP contribution >= 0.6 is 0 Å². The number of rotatable bonds is 5. The molecule has 0 aromatic heterocycles. The van der Waals surface area contributed by atoms with E-state index in [-0.39, 0.29) is 24.0 Å². The first-order chi connectivity index (χ1) is 14.9. The van der Waals surface area contributed by atoms with E-state index in [1.165, 1.54) is 5.56 Å². The van der Waals surface area contributed by atoms with Gasteiger partial charge in [-0.25, -0.2) is 0 Å². The normalized spacial score (nSPS) is 17.1. The lowest BCUT2D eigenvalue weighted by atomic mass is 10.0. The van der Waals surface area contributed by atoms with E-state index in [9.17, 15) is 9.59 Å². The largest absolute Gasteiger partial charge is 0.483 e. The molecule has 6 nitrogen and oxygen atoms in total. The van der Waals surface area contributed by atoms with Gasteiger partial charge in [0.05, 0.1) is 0 Å². The van der Waals surface area contributed by atoms with Crippen LogP contribution in [0.4, 0.5) is 0 Å². The molecule has 0 bridgehead atoms. The van der Waals surface area contributed by atoms with Crippen LogP contribution in [-0.4, -0.2) is 60.0 Å². The maximum Gasteiger partial charge on any atom is 0.260 e. The van der Waals surface area contributed by atoms with Gasteiger partial charge in [0.15, 0.2) is 18.1 Å². The van der Waals surface area contributed by atoms with Gasteiger partial charge in [-0.1, -0.05) is 31.2 Å². The van der Waals surface area contributed by atoms with Gasteiger partial charge in [0, 0.05) is 43.7 Å². The van der Waals surface area contributed by atoms with Crippen LogP contribution in [0.3, 0.4) is 0 Å². The first-order valence-corrected chi connectivity index (χ1v) is 11.0. The lowest BCUT2D eigenvalue weighted by Crippen LogP contribution is -2.51. The van der Waals surface area contributed by atoms with Gasteiger partial charge >= 0.3 is 0 Å². The zero-order chi connectivity index (χ0) is 22.0. The average molecular weight is 423 g/mol. The van der Waals surface area contributed by atoms with E-state index in [0.717, 1.165) is 24.2 Å². The predicted octanol–water partition coefficient (Wildman–Crippen LogP) is 3.33. The Morgan fingerprint density at radius 3 is 2.35 bits per heavy atom. The lowest BCUT2D eigenvalue weighted by Gasteiger charge is -2.34. The Morgan fingerprint density at radius 2 is 1.68 bits per heavy atom. The molecule has 6 heteroatoms. The zero-order valence-corrected chi connectivity index (χ0v) is 18.5. The van der Waals surface area contributed by atoms with E-state index in [0.29, 0.717) is 37.5 Å². The molecule has 2 heterocycles. The fourth-order valence-corrected chi connectivity index (χ4v) is 4.16. The molecule has 1 saturated heterocycles. The molecular formula is C25H30N2O4. The number of ether oxygens (including phenoxy) is 2. The summed E-state index contributed by atoms with van der Waals surface area (Å²) in [5.41, 5.74) is 2.76. The molecule has 1 fully saturated rings. The predicted molar refractivity (Wildman–Crippen MR) is 119 cm³/mol. The smallest absolute Gasteiger partial charge is 0.260 e. The second kappa shape index (κ2) is 8.61.